The monoisotopic (exact) mass is 377 g/mol. The van der Waals surface area contributed by atoms with E-state index in [0.29, 0.717) is 31.2 Å². The predicted octanol–water partition coefficient (Wildman–Crippen LogP) is 4.92. The summed E-state index contributed by atoms with van der Waals surface area (Å²) in [5.74, 6) is 0.695. The largest absolute Gasteiger partial charge is 0.418 e. The molecule has 136 valence electrons. The summed E-state index contributed by atoms with van der Waals surface area (Å²) in [6.45, 7) is 3.90. The van der Waals surface area contributed by atoms with Crippen LogP contribution in [0, 0.1) is 24.0 Å². The molecule has 0 unspecified atom stereocenters. The van der Waals surface area contributed by atoms with Crippen LogP contribution in [0.5, 0.6) is 0 Å². The van der Waals surface area contributed by atoms with Gasteiger partial charge in [0.05, 0.1) is 21.2 Å². The molecule has 6 nitrogen and oxygen atoms in total. The van der Waals surface area contributed by atoms with Gasteiger partial charge in [-0.1, -0.05) is 16.8 Å². The van der Waals surface area contributed by atoms with Crippen LogP contribution < -0.4 is 5.32 Å². The number of aryl methyl sites for hydroxylation is 2. The second kappa shape index (κ2) is 7.30. The van der Waals surface area contributed by atoms with E-state index in [-0.39, 0.29) is 5.69 Å². The van der Waals surface area contributed by atoms with Crippen molar-refractivity contribution in [1.82, 2.24) is 5.16 Å². The van der Waals surface area contributed by atoms with Crippen LogP contribution >= 0.6 is 11.6 Å². The van der Waals surface area contributed by atoms with Crippen molar-refractivity contribution >= 4 is 23.0 Å². The van der Waals surface area contributed by atoms with Gasteiger partial charge < -0.3 is 9.84 Å². The molecule has 2 rings (SSSR count). The van der Waals surface area contributed by atoms with Crippen molar-refractivity contribution < 1.29 is 22.6 Å². The molecular formula is C15H15ClF3N3O3. The molecule has 0 saturated heterocycles. The summed E-state index contributed by atoms with van der Waals surface area (Å²) in [6, 6.07) is 1.37. The van der Waals surface area contributed by atoms with E-state index in [9.17, 15) is 23.3 Å². The van der Waals surface area contributed by atoms with Crippen molar-refractivity contribution in [2.75, 3.05) is 11.9 Å². The van der Waals surface area contributed by atoms with Gasteiger partial charge in [0.25, 0.3) is 5.69 Å². The fourth-order valence-electron chi connectivity index (χ4n) is 2.42. The summed E-state index contributed by atoms with van der Waals surface area (Å²) >= 11 is 5.62. The minimum Gasteiger partial charge on any atom is -0.379 e. The van der Waals surface area contributed by atoms with Gasteiger partial charge in [0.1, 0.15) is 11.4 Å². The van der Waals surface area contributed by atoms with E-state index in [2.05, 4.69) is 10.5 Å². The van der Waals surface area contributed by atoms with E-state index in [1.807, 2.05) is 0 Å². The summed E-state index contributed by atoms with van der Waals surface area (Å²) in [6.07, 6.45) is -3.56. The number of alkyl halides is 3. The van der Waals surface area contributed by atoms with Crippen LogP contribution in [-0.4, -0.2) is 16.6 Å². The van der Waals surface area contributed by atoms with Gasteiger partial charge in [0, 0.05) is 18.2 Å². The van der Waals surface area contributed by atoms with Gasteiger partial charge >= 0.3 is 6.18 Å². The number of anilines is 1. The number of hydrogen-bond donors (Lipinski definition) is 1. The van der Waals surface area contributed by atoms with Gasteiger partial charge in [-0.2, -0.15) is 13.2 Å². The molecule has 0 bridgehead atoms. The molecule has 1 heterocycles. The summed E-state index contributed by atoms with van der Waals surface area (Å²) in [5, 5.41) is 17.1. The number of nitro groups is 1. The van der Waals surface area contributed by atoms with Gasteiger partial charge in [-0.25, -0.2) is 0 Å². The number of rotatable bonds is 6. The number of nitro benzene ring substituents is 1. The second-order valence-electron chi connectivity index (χ2n) is 5.44. The van der Waals surface area contributed by atoms with E-state index in [1.54, 1.807) is 13.8 Å². The first-order valence-corrected chi connectivity index (χ1v) is 7.69. The summed E-state index contributed by atoms with van der Waals surface area (Å²) < 4.78 is 43.5. The molecule has 25 heavy (non-hydrogen) atoms. The zero-order chi connectivity index (χ0) is 18.8. The molecule has 0 aliphatic rings. The Morgan fingerprint density at radius 1 is 1.36 bits per heavy atom. The molecule has 0 fully saturated rings. The summed E-state index contributed by atoms with van der Waals surface area (Å²) in [7, 11) is 0. The molecule has 0 aliphatic carbocycles. The molecule has 0 spiro atoms. The molecule has 0 saturated carbocycles. The van der Waals surface area contributed by atoms with Crippen LogP contribution in [0.1, 0.15) is 29.0 Å². The van der Waals surface area contributed by atoms with Crippen LogP contribution in [0.2, 0.25) is 5.02 Å². The number of nitrogens with zero attached hydrogens (tertiary/aromatic N) is 2. The number of benzene rings is 1. The quantitative estimate of drug-likeness (QED) is 0.439. The lowest BCUT2D eigenvalue weighted by Crippen LogP contribution is -2.10. The number of halogens is 4. The highest BCUT2D eigenvalue weighted by Gasteiger charge is 2.36. The maximum Gasteiger partial charge on any atom is 0.418 e. The molecule has 1 N–H and O–H groups in total. The van der Waals surface area contributed by atoms with Crippen molar-refractivity contribution in [3.8, 4) is 0 Å². The third kappa shape index (κ3) is 4.41. The molecule has 1 aromatic carbocycles. The fraction of sp³-hybridized carbons (Fsp3) is 0.400. The molecular weight excluding hydrogens is 363 g/mol. The average molecular weight is 378 g/mol. The van der Waals surface area contributed by atoms with Crippen LogP contribution in [0.15, 0.2) is 16.7 Å². The Bertz CT molecular complexity index is 771. The van der Waals surface area contributed by atoms with Crippen LogP contribution in [-0.2, 0) is 12.6 Å². The van der Waals surface area contributed by atoms with Gasteiger partial charge in [-0.15, -0.1) is 0 Å². The Hall–Kier alpha value is -2.29. The van der Waals surface area contributed by atoms with Crippen LogP contribution in [0.4, 0.5) is 24.5 Å². The summed E-state index contributed by atoms with van der Waals surface area (Å²) in [5.41, 5.74) is -0.249. The van der Waals surface area contributed by atoms with Gasteiger partial charge in [-0.3, -0.25) is 10.1 Å². The zero-order valence-electron chi connectivity index (χ0n) is 13.4. The Labute approximate surface area is 146 Å². The van der Waals surface area contributed by atoms with Crippen molar-refractivity contribution in [3.05, 3.63) is 49.9 Å². The minimum absolute atomic E-state index is 0.0539. The number of nitrogens with one attached hydrogen (secondary N) is 1. The highest BCUT2D eigenvalue weighted by molar-refractivity contribution is 6.31. The first kappa shape index (κ1) is 19.0. The molecule has 2 aromatic rings. The molecule has 0 radical (unpaired) electrons. The topological polar surface area (TPSA) is 81.2 Å². The molecule has 0 amide bonds. The van der Waals surface area contributed by atoms with E-state index < -0.39 is 27.4 Å². The Morgan fingerprint density at radius 2 is 2.04 bits per heavy atom. The molecule has 1 aromatic heterocycles. The maximum absolute atomic E-state index is 12.8. The third-order valence-corrected chi connectivity index (χ3v) is 4.00. The Morgan fingerprint density at radius 3 is 2.56 bits per heavy atom. The lowest BCUT2D eigenvalue weighted by atomic mass is 10.1. The molecule has 0 atom stereocenters. The number of hydrogen-bond acceptors (Lipinski definition) is 5. The van der Waals surface area contributed by atoms with E-state index in [4.69, 9.17) is 16.1 Å². The molecule has 10 heteroatoms. The maximum atomic E-state index is 12.8. The van der Waals surface area contributed by atoms with Gasteiger partial charge in [-0.05, 0) is 32.8 Å². The van der Waals surface area contributed by atoms with E-state index >= 15 is 0 Å². The SMILES string of the molecule is Cc1noc(C)c1CCCNc1cc(Cl)c(C(F)(F)F)cc1[N+](=O)[O-]. The first-order valence-electron chi connectivity index (χ1n) is 7.32. The Kier molecular flexibility index (Phi) is 5.56. The Balaban J connectivity index is 2.11. The van der Waals surface area contributed by atoms with Crippen molar-refractivity contribution in [2.24, 2.45) is 0 Å². The smallest absolute Gasteiger partial charge is 0.379 e. The van der Waals surface area contributed by atoms with E-state index in [0.717, 1.165) is 17.3 Å². The second-order valence-corrected chi connectivity index (χ2v) is 5.84. The fourth-order valence-corrected chi connectivity index (χ4v) is 2.69. The summed E-state index contributed by atoms with van der Waals surface area (Å²) in [4.78, 5) is 10.2. The van der Waals surface area contributed by atoms with Gasteiger partial charge in [0.2, 0.25) is 0 Å². The highest BCUT2D eigenvalue weighted by Crippen LogP contribution is 2.40. The first-order chi connectivity index (χ1) is 11.6. The normalized spacial score (nSPS) is 11.6. The van der Waals surface area contributed by atoms with Crippen molar-refractivity contribution in [1.29, 1.82) is 0 Å². The van der Waals surface area contributed by atoms with Crippen molar-refractivity contribution in [3.63, 3.8) is 0 Å². The predicted molar refractivity (Wildman–Crippen MR) is 85.9 cm³/mol. The van der Waals surface area contributed by atoms with Crippen molar-refractivity contribution in [2.45, 2.75) is 32.9 Å². The lowest BCUT2D eigenvalue weighted by Gasteiger charge is -2.12. The molecule has 0 aliphatic heterocycles. The average Bonchev–Trinajstić information content (AvgIpc) is 2.81. The van der Waals surface area contributed by atoms with Gasteiger partial charge in [0.15, 0.2) is 0 Å². The zero-order valence-corrected chi connectivity index (χ0v) is 14.2. The minimum atomic E-state index is -4.76. The van der Waals surface area contributed by atoms with E-state index in [1.165, 1.54) is 0 Å². The lowest BCUT2D eigenvalue weighted by molar-refractivity contribution is -0.384. The third-order valence-electron chi connectivity index (χ3n) is 3.69. The standard InChI is InChI=1S/C15H15ClF3N3O3/c1-8-10(9(2)25-21-8)4-3-5-20-13-7-12(16)11(15(17,18)19)6-14(13)22(23)24/h6-7,20H,3-5H2,1-2H3. The highest BCUT2D eigenvalue weighted by atomic mass is 35.5. The number of aromatic nitrogens is 1. The van der Waals surface area contributed by atoms with Crippen LogP contribution in [0.3, 0.4) is 0 Å². The van der Waals surface area contributed by atoms with Crippen LogP contribution in [0.25, 0.3) is 0 Å².